The summed E-state index contributed by atoms with van der Waals surface area (Å²) < 4.78 is 2.05. The van der Waals surface area contributed by atoms with Gasteiger partial charge in [-0.15, -0.1) is 0 Å². The Bertz CT molecular complexity index is 215. The number of nitrogens with one attached hydrogen (secondary N) is 1. The lowest BCUT2D eigenvalue weighted by molar-refractivity contribution is 0.286. The van der Waals surface area contributed by atoms with E-state index in [1.54, 1.807) is 0 Å². The van der Waals surface area contributed by atoms with Gasteiger partial charge in [0.15, 0.2) is 0 Å². The summed E-state index contributed by atoms with van der Waals surface area (Å²) >= 11 is 0. The zero-order valence-electron chi connectivity index (χ0n) is 7.33. The second-order valence-electron chi connectivity index (χ2n) is 2.91. The van der Waals surface area contributed by atoms with Crippen LogP contribution in [0.2, 0.25) is 0 Å². The van der Waals surface area contributed by atoms with Crippen molar-refractivity contribution in [3.8, 4) is 0 Å². The lowest BCUT2D eigenvalue weighted by atomic mass is 10.3. The molecule has 0 saturated carbocycles. The highest BCUT2D eigenvalue weighted by atomic mass is 15.5. The number of rotatable bonds is 3. The fourth-order valence-electron chi connectivity index (χ4n) is 0.915. The average Bonchev–Trinajstić information content (AvgIpc) is 2.31. The molecule has 62 valence electrons. The van der Waals surface area contributed by atoms with Crippen molar-refractivity contribution in [2.24, 2.45) is 7.05 Å². The van der Waals surface area contributed by atoms with Crippen molar-refractivity contribution >= 4 is 0 Å². The van der Waals surface area contributed by atoms with E-state index in [1.165, 1.54) is 5.56 Å². The molecular formula is C8H15N3. The van der Waals surface area contributed by atoms with Gasteiger partial charge in [-0.2, -0.15) is 0 Å². The number of hydrazine groups is 1. The molecule has 1 N–H and O–H groups in total. The minimum absolute atomic E-state index is 0.897. The van der Waals surface area contributed by atoms with Gasteiger partial charge >= 0.3 is 0 Å². The van der Waals surface area contributed by atoms with Gasteiger partial charge in [0.2, 0.25) is 0 Å². The Kier molecular flexibility index (Phi) is 2.68. The van der Waals surface area contributed by atoms with Crippen molar-refractivity contribution in [1.29, 1.82) is 0 Å². The van der Waals surface area contributed by atoms with Crippen LogP contribution in [0, 0.1) is 0 Å². The molecule has 3 nitrogen and oxygen atoms in total. The molecule has 0 radical (unpaired) electrons. The Labute approximate surface area is 67.6 Å². The molecule has 1 aromatic rings. The van der Waals surface area contributed by atoms with Crippen LogP contribution < -0.4 is 5.43 Å². The Morgan fingerprint density at radius 2 is 2.27 bits per heavy atom. The van der Waals surface area contributed by atoms with Gasteiger partial charge in [-0.1, -0.05) is 0 Å². The van der Waals surface area contributed by atoms with E-state index in [-0.39, 0.29) is 0 Å². The number of hydrogen-bond donors (Lipinski definition) is 1. The molecule has 0 saturated heterocycles. The van der Waals surface area contributed by atoms with Crippen LogP contribution >= 0.6 is 0 Å². The monoisotopic (exact) mass is 153 g/mol. The lowest BCUT2D eigenvalue weighted by Gasteiger charge is -2.09. The summed E-state index contributed by atoms with van der Waals surface area (Å²) in [4.78, 5) is 0. The maximum atomic E-state index is 3.20. The minimum Gasteiger partial charge on any atom is -0.357 e. The van der Waals surface area contributed by atoms with Gasteiger partial charge in [0.1, 0.15) is 0 Å². The molecule has 0 aromatic carbocycles. The van der Waals surface area contributed by atoms with Crippen LogP contribution in [0.15, 0.2) is 18.5 Å². The smallest absolute Gasteiger partial charge is 0.0368 e. The van der Waals surface area contributed by atoms with Crippen molar-refractivity contribution < 1.29 is 0 Å². The van der Waals surface area contributed by atoms with E-state index in [0.29, 0.717) is 0 Å². The first kappa shape index (κ1) is 8.30. The third-order valence-corrected chi connectivity index (χ3v) is 1.49. The van der Waals surface area contributed by atoms with Crippen LogP contribution in [0.4, 0.5) is 0 Å². The maximum absolute atomic E-state index is 3.20. The summed E-state index contributed by atoms with van der Waals surface area (Å²) in [5.41, 5.74) is 4.50. The first-order valence-corrected chi connectivity index (χ1v) is 3.70. The minimum atomic E-state index is 0.897. The second kappa shape index (κ2) is 3.55. The van der Waals surface area contributed by atoms with Crippen molar-refractivity contribution in [2.45, 2.75) is 6.54 Å². The van der Waals surface area contributed by atoms with E-state index < -0.39 is 0 Å². The van der Waals surface area contributed by atoms with Gasteiger partial charge in [0.25, 0.3) is 0 Å². The van der Waals surface area contributed by atoms with Crippen LogP contribution in [0.3, 0.4) is 0 Å². The van der Waals surface area contributed by atoms with Gasteiger partial charge in [-0.25, -0.2) is 0 Å². The molecule has 0 unspecified atom stereocenters. The number of nitrogens with zero attached hydrogens (tertiary/aromatic N) is 2. The lowest BCUT2D eigenvalue weighted by Crippen LogP contribution is -2.29. The van der Waals surface area contributed by atoms with Crippen molar-refractivity contribution in [2.75, 3.05) is 14.1 Å². The Morgan fingerprint density at radius 3 is 2.73 bits per heavy atom. The molecule has 0 bridgehead atoms. The third kappa shape index (κ3) is 2.74. The van der Waals surface area contributed by atoms with E-state index in [1.807, 2.05) is 36.9 Å². The molecule has 11 heavy (non-hydrogen) atoms. The molecule has 0 atom stereocenters. The van der Waals surface area contributed by atoms with E-state index in [9.17, 15) is 0 Å². The molecule has 1 aromatic heterocycles. The Balaban J connectivity index is 2.39. The highest BCUT2D eigenvalue weighted by Gasteiger charge is 1.93. The summed E-state index contributed by atoms with van der Waals surface area (Å²) in [6, 6.07) is 2.11. The molecule has 0 aliphatic carbocycles. The molecule has 1 heterocycles. The fraction of sp³-hybridized carbons (Fsp3) is 0.500. The largest absolute Gasteiger partial charge is 0.357 e. The normalized spacial score (nSPS) is 10.9. The SMILES string of the molecule is CN(C)NCc1ccn(C)c1. The summed E-state index contributed by atoms with van der Waals surface area (Å²) in [7, 11) is 6.01. The molecule has 3 heteroatoms. The topological polar surface area (TPSA) is 20.2 Å². The third-order valence-electron chi connectivity index (χ3n) is 1.49. The molecule has 0 fully saturated rings. The summed E-state index contributed by atoms with van der Waals surface area (Å²) in [6.45, 7) is 0.897. The van der Waals surface area contributed by atoms with Crippen LogP contribution in [-0.4, -0.2) is 23.7 Å². The summed E-state index contributed by atoms with van der Waals surface area (Å²) in [5.74, 6) is 0. The molecule has 0 aliphatic rings. The van der Waals surface area contributed by atoms with E-state index >= 15 is 0 Å². The highest BCUT2D eigenvalue weighted by Crippen LogP contribution is 1.97. The van der Waals surface area contributed by atoms with Crippen molar-refractivity contribution in [1.82, 2.24) is 15.0 Å². The number of aryl methyl sites for hydroxylation is 1. The van der Waals surface area contributed by atoms with E-state index in [2.05, 4.69) is 17.7 Å². The van der Waals surface area contributed by atoms with Crippen molar-refractivity contribution in [3.63, 3.8) is 0 Å². The van der Waals surface area contributed by atoms with Gasteiger partial charge in [0, 0.05) is 40.1 Å². The highest BCUT2D eigenvalue weighted by molar-refractivity contribution is 5.08. The number of hydrogen-bond acceptors (Lipinski definition) is 2. The molecule has 0 aliphatic heterocycles. The molecule has 1 rings (SSSR count). The van der Waals surface area contributed by atoms with Gasteiger partial charge in [-0.05, 0) is 11.6 Å². The quantitative estimate of drug-likeness (QED) is 0.641. The zero-order chi connectivity index (χ0) is 8.27. The van der Waals surface area contributed by atoms with E-state index in [0.717, 1.165) is 6.54 Å². The molecular weight excluding hydrogens is 138 g/mol. The Hall–Kier alpha value is -0.800. The fourth-order valence-corrected chi connectivity index (χ4v) is 0.915. The summed E-state index contributed by atoms with van der Waals surface area (Å²) in [6.07, 6.45) is 4.16. The standard InChI is InChI=1S/C8H15N3/c1-10(2)9-6-8-4-5-11(3)7-8/h4-5,7,9H,6H2,1-3H3. The maximum Gasteiger partial charge on any atom is 0.0368 e. The first-order chi connectivity index (χ1) is 5.18. The molecule has 0 spiro atoms. The molecule has 0 amide bonds. The average molecular weight is 153 g/mol. The van der Waals surface area contributed by atoms with Crippen LogP contribution in [-0.2, 0) is 13.6 Å². The zero-order valence-corrected chi connectivity index (χ0v) is 7.33. The van der Waals surface area contributed by atoms with Gasteiger partial charge < -0.3 is 4.57 Å². The Morgan fingerprint density at radius 1 is 1.55 bits per heavy atom. The van der Waals surface area contributed by atoms with E-state index in [4.69, 9.17) is 0 Å². The van der Waals surface area contributed by atoms with Crippen LogP contribution in [0.5, 0.6) is 0 Å². The van der Waals surface area contributed by atoms with Gasteiger partial charge in [0.05, 0.1) is 0 Å². The van der Waals surface area contributed by atoms with Crippen molar-refractivity contribution in [3.05, 3.63) is 24.0 Å². The second-order valence-corrected chi connectivity index (χ2v) is 2.91. The van der Waals surface area contributed by atoms with Crippen LogP contribution in [0.25, 0.3) is 0 Å². The summed E-state index contributed by atoms with van der Waals surface area (Å²) in [5, 5.41) is 1.95. The van der Waals surface area contributed by atoms with Gasteiger partial charge in [-0.3, -0.25) is 10.4 Å². The predicted molar refractivity (Wildman–Crippen MR) is 45.9 cm³/mol. The predicted octanol–water partition coefficient (Wildman–Crippen LogP) is 0.591. The van der Waals surface area contributed by atoms with Crippen LogP contribution in [0.1, 0.15) is 5.56 Å². The number of aromatic nitrogens is 1. The first-order valence-electron chi connectivity index (χ1n) is 3.70.